The van der Waals surface area contributed by atoms with E-state index in [1.54, 1.807) is 12.1 Å². The fraction of sp³-hybridized carbons (Fsp3) is 0.375. The van der Waals surface area contributed by atoms with E-state index in [9.17, 15) is 13.2 Å². The first-order valence-electron chi connectivity index (χ1n) is 10.8. The summed E-state index contributed by atoms with van der Waals surface area (Å²) in [5.41, 5.74) is 0.246. The van der Waals surface area contributed by atoms with Crippen LogP contribution in [0.2, 0.25) is 0 Å². The van der Waals surface area contributed by atoms with Crippen molar-refractivity contribution >= 4 is 21.6 Å². The molecule has 1 atom stereocenters. The normalized spacial score (nSPS) is 15.5. The van der Waals surface area contributed by atoms with E-state index < -0.39 is 15.9 Å². The van der Waals surface area contributed by atoms with Gasteiger partial charge in [0.1, 0.15) is 5.75 Å². The summed E-state index contributed by atoms with van der Waals surface area (Å²) in [5, 5.41) is 2.92. The number of ether oxygens (including phenoxy) is 3. The highest BCUT2D eigenvalue weighted by Crippen LogP contribution is 2.34. The lowest BCUT2D eigenvalue weighted by molar-refractivity contribution is 0.0946. The van der Waals surface area contributed by atoms with Crippen molar-refractivity contribution in [2.24, 2.45) is 5.92 Å². The first-order chi connectivity index (χ1) is 15.9. The van der Waals surface area contributed by atoms with Crippen molar-refractivity contribution in [2.75, 3.05) is 32.1 Å². The number of hydrogen-bond acceptors (Lipinski definition) is 6. The van der Waals surface area contributed by atoms with E-state index in [4.69, 9.17) is 14.2 Å². The highest BCUT2D eigenvalue weighted by molar-refractivity contribution is 7.92. The second kappa shape index (κ2) is 11.1. The zero-order chi connectivity index (χ0) is 23.8. The molecular formula is C24H30N2O6S. The Kier molecular flexibility index (Phi) is 8.21. The molecule has 0 saturated heterocycles. The molecule has 0 radical (unpaired) electrons. The van der Waals surface area contributed by atoms with Crippen LogP contribution in [0, 0.1) is 5.92 Å². The average Bonchev–Trinajstić information content (AvgIpc) is 2.83. The van der Waals surface area contributed by atoms with Crippen LogP contribution in [0.4, 0.5) is 5.69 Å². The molecule has 1 amide bonds. The summed E-state index contributed by atoms with van der Waals surface area (Å²) >= 11 is 0. The third kappa shape index (κ3) is 6.19. The summed E-state index contributed by atoms with van der Waals surface area (Å²) < 4.78 is 44.6. The van der Waals surface area contributed by atoms with Gasteiger partial charge in [0.15, 0.2) is 11.5 Å². The summed E-state index contributed by atoms with van der Waals surface area (Å²) in [6, 6.07) is 8.99. The van der Waals surface area contributed by atoms with Crippen molar-refractivity contribution in [3.05, 3.63) is 54.1 Å². The molecule has 0 saturated carbocycles. The van der Waals surface area contributed by atoms with Gasteiger partial charge in [-0.05, 0) is 62.4 Å². The summed E-state index contributed by atoms with van der Waals surface area (Å²) in [4.78, 5) is 13.1. The van der Waals surface area contributed by atoms with E-state index in [-0.39, 0.29) is 16.1 Å². The number of carbonyl (C=O) groups is 1. The van der Waals surface area contributed by atoms with Gasteiger partial charge in [0.25, 0.3) is 15.9 Å². The summed E-state index contributed by atoms with van der Waals surface area (Å²) in [5.74, 6) is 1.15. The lowest BCUT2D eigenvalue weighted by Crippen LogP contribution is -2.30. The number of rotatable bonds is 10. The van der Waals surface area contributed by atoms with Gasteiger partial charge in [-0.1, -0.05) is 12.2 Å². The van der Waals surface area contributed by atoms with Crippen molar-refractivity contribution in [1.82, 2.24) is 5.32 Å². The van der Waals surface area contributed by atoms with Crippen LogP contribution in [0.25, 0.3) is 0 Å². The molecule has 2 aromatic carbocycles. The van der Waals surface area contributed by atoms with E-state index in [0.717, 1.165) is 19.3 Å². The Hall–Kier alpha value is -3.20. The van der Waals surface area contributed by atoms with Gasteiger partial charge in [0.05, 0.1) is 37.0 Å². The zero-order valence-corrected chi connectivity index (χ0v) is 19.9. The maximum absolute atomic E-state index is 13.0. The first-order valence-corrected chi connectivity index (χ1v) is 12.3. The molecule has 2 aromatic rings. The van der Waals surface area contributed by atoms with Crippen molar-refractivity contribution in [1.29, 1.82) is 0 Å². The molecule has 0 bridgehead atoms. The molecule has 0 aromatic heterocycles. The third-order valence-corrected chi connectivity index (χ3v) is 6.77. The lowest BCUT2D eigenvalue weighted by atomic mass is 9.94. The predicted octanol–water partition coefficient (Wildman–Crippen LogP) is 3.99. The Morgan fingerprint density at radius 3 is 2.36 bits per heavy atom. The quantitative estimate of drug-likeness (QED) is 0.505. The molecule has 178 valence electrons. The highest BCUT2D eigenvalue weighted by atomic mass is 32.2. The van der Waals surface area contributed by atoms with Crippen LogP contribution in [-0.4, -0.2) is 41.7 Å². The fourth-order valence-electron chi connectivity index (χ4n) is 3.61. The molecular weight excluding hydrogens is 444 g/mol. The minimum absolute atomic E-state index is 0.0427. The van der Waals surface area contributed by atoms with Crippen molar-refractivity contribution in [2.45, 2.75) is 31.1 Å². The number of hydrogen-bond donors (Lipinski definition) is 2. The van der Waals surface area contributed by atoms with Gasteiger partial charge in [-0.3, -0.25) is 9.52 Å². The Balaban J connectivity index is 1.88. The van der Waals surface area contributed by atoms with Crippen LogP contribution >= 0.6 is 0 Å². The molecule has 2 N–H and O–H groups in total. The zero-order valence-electron chi connectivity index (χ0n) is 19.1. The van der Waals surface area contributed by atoms with Crippen molar-refractivity contribution < 1.29 is 27.4 Å². The van der Waals surface area contributed by atoms with Gasteiger partial charge in [0, 0.05) is 12.6 Å². The van der Waals surface area contributed by atoms with Crippen LogP contribution in [0.3, 0.4) is 0 Å². The number of methoxy groups -OCH3 is 2. The lowest BCUT2D eigenvalue weighted by Gasteiger charge is -2.20. The van der Waals surface area contributed by atoms with E-state index in [0.29, 0.717) is 36.3 Å². The van der Waals surface area contributed by atoms with Crippen LogP contribution in [0.5, 0.6) is 17.2 Å². The van der Waals surface area contributed by atoms with E-state index in [1.807, 2.05) is 6.92 Å². The Morgan fingerprint density at radius 2 is 1.76 bits per heavy atom. The smallest absolute Gasteiger partial charge is 0.261 e. The monoisotopic (exact) mass is 474 g/mol. The number of carbonyl (C=O) groups excluding carboxylic acids is 1. The molecule has 33 heavy (non-hydrogen) atoms. The predicted molar refractivity (Wildman–Crippen MR) is 127 cm³/mol. The second-order valence-electron chi connectivity index (χ2n) is 7.62. The standard InChI is InChI=1S/C24H30N2O6S/c1-4-32-18-10-12-19(13-11-18)33(28,29)26-21-15-23(31-3)22(30-2)14-20(21)24(27)25-16-17-8-6-5-7-9-17/h5-6,10-15,17,26H,4,7-9,16H2,1-3H3,(H,25,27). The number of amides is 1. The number of anilines is 1. The molecule has 0 heterocycles. The molecule has 0 fully saturated rings. The number of nitrogens with one attached hydrogen (secondary N) is 2. The summed E-state index contributed by atoms with van der Waals surface area (Å²) in [6.45, 7) is 2.83. The van der Waals surface area contributed by atoms with Crippen LogP contribution in [0.1, 0.15) is 36.5 Å². The molecule has 3 rings (SSSR count). The van der Waals surface area contributed by atoms with Gasteiger partial charge in [0.2, 0.25) is 0 Å². The number of allylic oxidation sites excluding steroid dienone is 2. The Labute approximate surface area is 195 Å². The van der Waals surface area contributed by atoms with Crippen LogP contribution in [-0.2, 0) is 10.0 Å². The largest absolute Gasteiger partial charge is 0.494 e. The first kappa shape index (κ1) is 24.4. The van der Waals surface area contributed by atoms with Gasteiger partial charge >= 0.3 is 0 Å². The molecule has 1 unspecified atom stereocenters. The van der Waals surface area contributed by atoms with Crippen LogP contribution in [0.15, 0.2) is 53.4 Å². The van der Waals surface area contributed by atoms with Gasteiger partial charge in [-0.25, -0.2) is 8.42 Å². The second-order valence-corrected chi connectivity index (χ2v) is 9.31. The SMILES string of the molecule is CCOc1ccc(S(=O)(=O)Nc2cc(OC)c(OC)cc2C(=O)NCC2CC=CCC2)cc1. The van der Waals surface area contributed by atoms with Gasteiger partial charge in [-0.15, -0.1) is 0 Å². The molecule has 0 aliphatic heterocycles. The molecule has 1 aliphatic rings. The fourth-order valence-corrected chi connectivity index (χ4v) is 4.68. The summed E-state index contributed by atoms with van der Waals surface area (Å²) in [6.07, 6.45) is 7.15. The Bertz CT molecular complexity index is 1100. The maximum atomic E-state index is 13.0. The minimum atomic E-state index is -3.97. The van der Waals surface area contributed by atoms with Gasteiger partial charge < -0.3 is 19.5 Å². The topological polar surface area (TPSA) is 103 Å². The third-order valence-electron chi connectivity index (χ3n) is 5.39. The molecule has 0 spiro atoms. The highest BCUT2D eigenvalue weighted by Gasteiger charge is 2.23. The number of benzene rings is 2. The van der Waals surface area contributed by atoms with Crippen molar-refractivity contribution in [3.8, 4) is 17.2 Å². The van der Waals surface area contributed by atoms with Crippen molar-refractivity contribution in [3.63, 3.8) is 0 Å². The maximum Gasteiger partial charge on any atom is 0.261 e. The Morgan fingerprint density at radius 1 is 1.06 bits per heavy atom. The molecule has 9 heteroatoms. The molecule has 1 aliphatic carbocycles. The van der Waals surface area contributed by atoms with E-state index >= 15 is 0 Å². The van der Waals surface area contributed by atoms with E-state index in [1.165, 1.54) is 38.5 Å². The minimum Gasteiger partial charge on any atom is -0.494 e. The summed E-state index contributed by atoms with van der Waals surface area (Å²) in [7, 11) is -1.07. The molecule has 8 nitrogen and oxygen atoms in total. The van der Waals surface area contributed by atoms with Gasteiger partial charge in [-0.2, -0.15) is 0 Å². The van der Waals surface area contributed by atoms with Crippen LogP contribution < -0.4 is 24.2 Å². The van der Waals surface area contributed by atoms with E-state index in [2.05, 4.69) is 22.2 Å². The number of sulfonamides is 1. The average molecular weight is 475 g/mol.